The van der Waals surface area contributed by atoms with Crippen LogP contribution in [-0.4, -0.2) is 44.3 Å². The maximum atomic E-state index is 13.3. The lowest BCUT2D eigenvalue weighted by molar-refractivity contribution is -0.141. The molecule has 0 unspecified atom stereocenters. The maximum absolute atomic E-state index is 13.3. The van der Waals surface area contributed by atoms with Gasteiger partial charge in [-0.2, -0.15) is 0 Å². The number of rotatable bonds is 12. The molecule has 0 saturated heterocycles. The molecule has 1 aromatic heterocycles. The van der Waals surface area contributed by atoms with Crippen molar-refractivity contribution in [3.05, 3.63) is 90.4 Å². The van der Waals surface area contributed by atoms with E-state index in [0.717, 1.165) is 5.56 Å². The van der Waals surface area contributed by atoms with Gasteiger partial charge < -0.3 is 14.6 Å². The van der Waals surface area contributed by atoms with Gasteiger partial charge >= 0.3 is 0 Å². The van der Waals surface area contributed by atoms with E-state index in [1.54, 1.807) is 30.3 Å². The van der Waals surface area contributed by atoms with E-state index < -0.39 is 28.5 Å². The minimum atomic E-state index is -3.87. The highest BCUT2D eigenvalue weighted by atomic mass is 32.2. The van der Waals surface area contributed by atoms with Gasteiger partial charge in [0.05, 0.1) is 24.2 Å². The Kier molecular flexibility index (Phi) is 9.22. The number of sulfonamides is 1. The summed E-state index contributed by atoms with van der Waals surface area (Å²) in [6.45, 7) is 3.70. The van der Waals surface area contributed by atoms with E-state index in [0.29, 0.717) is 12.2 Å². The summed E-state index contributed by atoms with van der Waals surface area (Å²) in [6, 6.07) is 20.2. The Morgan fingerprint density at radius 3 is 2.20 bits per heavy atom. The zero-order valence-corrected chi connectivity index (χ0v) is 20.7. The average Bonchev–Trinajstić information content (AvgIpc) is 3.38. The van der Waals surface area contributed by atoms with Crippen molar-refractivity contribution < 1.29 is 22.4 Å². The van der Waals surface area contributed by atoms with Gasteiger partial charge in [0.1, 0.15) is 11.8 Å². The van der Waals surface area contributed by atoms with Gasteiger partial charge in [0, 0.05) is 6.54 Å². The molecule has 3 rings (SSSR count). The third-order valence-electron chi connectivity index (χ3n) is 5.52. The Morgan fingerprint density at radius 1 is 0.943 bits per heavy atom. The number of hydrogen-bond donors (Lipinski definition) is 2. The third kappa shape index (κ3) is 7.53. The van der Waals surface area contributed by atoms with Crippen LogP contribution in [0.1, 0.15) is 25.2 Å². The molecule has 0 aliphatic heterocycles. The van der Waals surface area contributed by atoms with Gasteiger partial charge in [-0.3, -0.25) is 9.59 Å². The number of carbonyl (C=O) groups excluding carboxylic acids is 2. The first kappa shape index (κ1) is 26.2. The van der Waals surface area contributed by atoms with Gasteiger partial charge in [-0.1, -0.05) is 62.4 Å². The summed E-state index contributed by atoms with van der Waals surface area (Å²) >= 11 is 0. The van der Waals surface area contributed by atoms with E-state index in [1.165, 1.54) is 23.3 Å². The lowest BCUT2D eigenvalue weighted by Gasteiger charge is -2.33. The zero-order valence-electron chi connectivity index (χ0n) is 19.9. The number of nitrogens with zero attached hydrogens (tertiary/aromatic N) is 1. The molecule has 0 bridgehead atoms. The molecule has 8 nitrogen and oxygen atoms in total. The van der Waals surface area contributed by atoms with E-state index in [2.05, 4.69) is 10.0 Å². The molecule has 0 aliphatic carbocycles. The van der Waals surface area contributed by atoms with Crippen molar-refractivity contribution in [3.8, 4) is 0 Å². The quantitative estimate of drug-likeness (QED) is 0.400. The highest BCUT2D eigenvalue weighted by Gasteiger charge is 2.32. The van der Waals surface area contributed by atoms with Crippen molar-refractivity contribution in [1.29, 1.82) is 0 Å². The second-order valence-electron chi connectivity index (χ2n) is 8.45. The van der Waals surface area contributed by atoms with E-state index in [9.17, 15) is 18.0 Å². The highest BCUT2D eigenvalue weighted by molar-refractivity contribution is 7.89. The summed E-state index contributed by atoms with van der Waals surface area (Å²) < 4.78 is 32.9. The normalized spacial score (nSPS) is 12.3. The number of nitrogens with one attached hydrogen (secondary N) is 2. The van der Waals surface area contributed by atoms with Crippen LogP contribution in [0.4, 0.5) is 0 Å². The lowest BCUT2D eigenvalue weighted by atomic mass is 10.00. The second-order valence-corrected chi connectivity index (χ2v) is 10.2. The molecule has 1 heterocycles. The predicted octanol–water partition coefficient (Wildman–Crippen LogP) is 2.97. The summed E-state index contributed by atoms with van der Waals surface area (Å²) in [6.07, 6.45) is 2.04. The van der Waals surface area contributed by atoms with E-state index >= 15 is 0 Å². The van der Waals surface area contributed by atoms with Crippen molar-refractivity contribution in [1.82, 2.24) is 14.9 Å². The van der Waals surface area contributed by atoms with Gasteiger partial charge in [-0.25, -0.2) is 13.1 Å². The molecule has 186 valence electrons. The van der Waals surface area contributed by atoms with E-state index in [4.69, 9.17) is 4.42 Å². The minimum absolute atomic E-state index is 0.0697. The Hall–Kier alpha value is -3.43. The first-order chi connectivity index (χ1) is 16.8. The molecule has 0 fully saturated rings. The molecule has 35 heavy (non-hydrogen) atoms. The summed E-state index contributed by atoms with van der Waals surface area (Å²) in [5, 5.41) is 2.83. The van der Waals surface area contributed by atoms with Crippen molar-refractivity contribution in [3.63, 3.8) is 0 Å². The summed E-state index contributed by atoms with van der Waals surface area (Å²) in [4.78, 5) is 28.0. The van der Waals surface area contributed by atoms with Crippen molar-refractivity contribution in [2.75, 3.05) is 13.1 Å². The fourth-order valence-corrected chi connectivity index (χ4v) is 4.75. The Morgan fingerprint density at radius 2 is 1.60 bits per heavy atom. The van der Waals surface area contributed by atoms with Gasteiger partial charge in [-0.15, -0.1) is 0 Å². The van der Waals surface area contributed by atoms with E-state index in [-0.39, 0.29) is 29.8 Å². The number of amides is 2. The number of furan rings is 1. The van der Waals surface area contributed by atoms with Gasteiger partial charge in [-0.05, 0) is 42.2 Å². The molecule has 0 radical (unpaired) electrons. The second kappa shape index (κ2) is 12.3. The lowest BCUT2D eigenvalue weighted by Crippen LogP contribution is -2.54. The van der Waals surface area contributed by atoms with Crippen LogP contribution >= 0.6 is 0 Å². The maximum Gasteiger partial charge on any atom is 0.243 e. The smallest absolute Gasteiger partial charge is 0.243 e. The Labute approximate surface area is 206 Å². The van der Waals surface area contributed by atoms with Crippen LogP contribution in [0.5, 0.6) is 0 Å². The summed E-state index contributed by atoms with van der Waals surface area (Å²) in [5.74, 6) is -0.424. The molecule has 0 spiro atoms. The molecule has 1 atom stereocenters. The standard InChI is InChI=1S/C26H31N3O5S/c1-20(2)25(26(31)27-18-22-12-9-17-34-22)29(16-15-21-10-5-3-6-11-21)24(30)19-28-35(32,33)23-13-7-4-8-14-23/h3-14,17,20,25,28H,15-16,18-19H2,1-2H3,(H,27,31)/t25-/m0/s1. The molecular weight excluding hydrogens is 466 g/mol. The fourth-order valence-electron chi connectivity index (χ4n) is 3.75. The number of benzene rings is 2. The van der Waals surface area contributed by atoms with Crippen LogP contribution in [0.15, 0.2) is 88.4 Å². The monoisotopic (exact) mass is 497 g/mol. The minimum Gasteiger partial charge on any atom is -0.467 e. The SMILES string of the molecule is CC(C)[C@@H](C(=O)NCc1ccco1)N(CCc1ccccc1)C(=O)CNS(=O)(=O)c1ccccc1. The first-order valence-electron chi connectivity index (χ1n) is 11.5. The fraction of sp³-hybridized carbons (Fsp3) is 0.308. The van der Waals surface area contributed by atoms with Gasteiger partial charge in [0.2, 0.25) is 21.8 Å². The average molecular weight is 498 g/mol. The van der Waals surface area contributed by atoms with Crippen LogP contribution in [0.3, 0.4) is 0 Å². The number of carbonyl (C=O) groups is 2. The first-order valence-corrected chi connectivity index (χ1v) is 12.9. The topological polar surface area (TPSA) is 109 Å². The van der Waals surface area contributed by atoms with Crippen LogP contribution in [-0.2, 0) is 32.6 Å². The molecule has 9 heteroatoms. The van der Waals surface area contributed by atoms with Crippen LogP contribution in [0.25, 0.3) is 0 Å². The van der Waals surface area contributed by atoms with Crippen molar-refractivity contribution >= 4 is 21.8 Å². The van der Waals surface area contributed by atoms with Gasteiger partial charge in [0.25, 0.3) is 0 Å². The summed E-state index contributed by atoms with van der Waals surface area (Å²) in [5.41, 5.74) is 1.01. The molecule has 0 aliphatic rings. The van der Waals surface area contributed by atoms with Crippen LogP contribution in [0, 0.1) is 5.92 Å². The Bertz CT molecular complexity index is 1180. The van der Waals surface area contributed by atoms with Crippen molar-refractivity contribution in [2.24, 2.45) is 5.92 Å². The molecule has 2 amide bonds. The molecule has 3 aromatic rings. The third-order valence-corrected chi connectivity index (χ3v) is 6.94. The largest absolute Gasteiger partial charge is 0.467 e. The molecular formula is C26H31N3O5S. The van der Waals surface area contributed by atoms with E-state index in [1.807, 2.05) is 44.2 Å². The zero-order chi connectivity index (χ0) is 25.3. The molecule has 2 N–H and O–H groups in total. The van der Waals surface area contributed by atoms with Gasteiger partial charge in [0.15, 0.2) is 0 Å². The molecule has 0 saturated carbocycles. The number of hydrogen-bond acceptors (Lipinski definition) is 5. The Balaban J connectivity index is 1.77. The summed E-state index contributed by atoms with van der Waals surface area (Å²) in [7, 11) is -3.87. The van der Waals surface area contributed by atoms with Crippen LogP contribution in [0.2, 0.25) is 0 Å². The highest BCUT2D eigenvalue weighted by Crippen LogP contribution is 2.15. The predicted molar refractivity (Wildman–Crippen MR) is 133 cm³/mol. The molecule has 2 aromatic carbocycles. The van der Waals surface area contributed by atoms with Crippen molar-refractivity contribution in [2.45, 2.75) is 37.8 Å². The van der Waals surface area contributed by atoms with Crippen LogP contribution < -0.4 is 10.0 Å².